The number of aryl methyl sites for hydroxylation is 4. The van der Waals surface area contributed by atoms with Crippen molar-refractivity contribution in [2.75, 3.05) is 0 Å². The van der Waals surface area contributed by atoms with E-state index in [-0.39, 0.29) is 4.90 Å². The monoisotopic (exact) mass is 468 g/mol. The Bertz CT molecular complexity index is 1070. The fourth-order valence-electron chi connectivity index (χ4n) is 4.80. The molecule has 0 aromatic heterocycles. The van der Waals surface area contributed by atoms with Crippen molar-refractivity contribution < 1.29 is 0 Å². The summed E-state index contributed by atoms with van der Waals surface area (Å²) in [6.07, 6.45) is 0. The van der Waals surface area contributed by atoms with Gasteiger partial charge in [-0.2, -0.15) is 0 Å². The Kier molecular flexibility index (Phi) is 7.19. The van der Waals surface area contributed by atoms with Gasteiger partial charge in [0.15, 0.2) is 0 Å². The first-order valence-electron chi connectivity index (χ1n) is 11.7. The molecule has 0 aliphatic heterocycles. The highest BCUT2D eigenvalue weighted by molar-refractivity contribution is 7.91. The molecule has 4 aromatic rings. The van der Waals surface area contributed by atoms with Gasteiger partial charge in [-0.25, -0.2) is 0 Å². The van der Waals surface area contributed by atoms with Crippen molar-refractivity contribution in [2.45, 2.75) is 46.4 Å². The first-order valence-corrected chi connectivity index (χ1v) is 14.3. The zero-order valence-corrected chi connectivity index (χ0v) is 22.4. The summed E-state index contributed by atoms with van der Waals surface area (Å²) >= 11 is 0. The van der Waals surface area contributed by atoms with E-state index in [2.05, 4.69) is 139 Å². The van der Waals surface area contributed by atoms with Crippen LogP contribution in [0.15, 0.2) is 97.1 Å². The van der Waals surface area contributed by atoms with Gasteiger partial charge in [-0.15, -0.1) is 0 Å². The summed E-state index contributed by atoms with van der Waals surface area (Å²) in [7, 11) is -1.24. The molecule has 0 amide bonds. The molecule has 0 aliphatic carbocycles. The second-order valence-corrected chi connectivity index (χ2v) is 15.2. The molecule has 168 valence electrons. The fourth-order valence-corrected chi connectivity index (χ4v) is 12.4. The van der Waals surface area contributed by atoms with Crippen LogP contribution < -0.4 is 21.2 Å². The third-order valence-corrected chi connectivity index (χ3v) is 13.8. The van der Waals surface area contributed by atoms with Crippen molar-refractivity contribution in [1.82, 2.24) is 0 Å². The summed E-state index contributed by atoms with van der Waals surface area (Å²) in [6.45, 7) is 14.2. The zero-order chi connectivity index (χ0) is 23.6. The number of hydrogen-bond acceptors (Lipinski definition) is 0. The Hall–Kier alpha value is -2.26. The van der Waals surface area contributed by atoms with E-state index < -0.39 is 15.8 Å². The van der Waals surface area contributed by atoms with Crippen molar-refractivity contribution in [3.63, 3.8) is 0 Å². The van der Waals surface area contributed by atoms with Crippen molar-refractivity contribution in [1.29, 1.82) is 0 Å². The molecule has 0 nitrogen and oxygen atoms in total. The molecule has 0 saturated carbocycles. The molecular formula is C31H34P2. The van der Waals surface area contributed by atoms with E-state index >= 15 is 0 Å². The van der Waals surface area contributed by atoms with Crippen molar-refractivity contribution in [3.8, 4) is 0 Å². The topological polar surface area (TPSA) is 0 Å². The van der Waals surface area contributed by atoms with Gasteiger partial charge in [0.05, 0.1) is 0 Å². The predicted molar refractivity (Wildman–Crippen MR) is 151 cm³/mol. The van der Waals surface area contributed by atoms with Crippen LogP contribution in [0.5, 0.6) is 0 Å². The van der Waals surface area contributed by atoms with Gasteiger partial charge < -0.3 is 0 Å². The maximum atomic E-state index is 2.53. The molecule has 0 aliphatic rings. The lowest BCUT2D eigenvalue weighted by atomic mass is 10.2. The average molecular weight is 469 g/mol. The Labute approximate surface area is 202 Å². The number of rotatable bonds is 6. The van der Waals surface area contributed by atoms with E-state index in [1.807, 2.05) is 0 Å². The van der Waals surface area contributed by atoms with Crippen LogP contribution in [0.1, 0.15) is 36.1 Å². The van der Waals surface area contributed by atoms with Gasteiger partial charge in [-0.3, -0.25) is 0 Å². The summed E-state index contributed by atoms with van der Waals surface area (Å²) in [6, 6.07) is 36.2. The van der Waals surface area contributed by atoms with Gasteiger partial charge in [0.2, 0.25) is 0 Å². The quantitative estimate of drug-likeness (QED) is 0.262. The Balaban J connectivity index is 2.03. The second-order valence-electron chi connectivity index (χ2n) is 9.31. The highest BCUT2D eigenvalue weighted by Crippen LogP contribution is 2.65. The number of benzene rings is 4. The SMILES string of the molecule is Cc1ccccc1P(c1ccccc1C)C(C)(C)P(c1ccccc1C)c1ccccc1C. The van der Waals surface area contributed by atoms with Crippen LogP contribution in [0.2, 0.25) is 0 Å². The molecule has 2 heteroatoms. The minimum atomic E-state index is -0.618. The van der Waals surface area contributed by atoms with Crippen molar-refractivity contribution >= 4 is 37.1 Å². The summed E-state index contributed by atoms with van der Waals surface area (Å²) in [5, 5.41) is 6.01. The van der Waals surface area contributed by atoms with Crippen LogP contribution in [0, 0.1) is 27.7 Å². The summed E-state index contributed by atoms with van der Waals surface area (Å²) in [5.41, 5.74) is 5.57. The largest absolute Gasteiger partial charge is 0.0620 e. The van der Waals surface area contributed by atoms with E-state index in [1.54, 1.807) is 0 Å². The van der Waals surface area contributed by atoms with Crippen LogP contribution in [0.3, 0.4) is 0 Å². The molecule has 0 radical (unpaired) electrons. The van der Waals surface area contributed by atoms with Gasteiger partial charge >= 0.3 is 0 Å². The van der Waals surface area contributed by atoms with E-state index in [9.17, 15) is 0 Å². The van der Waals surface area contributed by atoms with Gasteiger partial charge in [0.1, 0.15) is 0 Å². The van der Waals surface area contributed by atoms with Crippen molar-refractivity contribution in [2.24, 2.45) is 0 Å². The Morgan fingerprint density at radius 3 is 0.818 bits per heavy atom. The average Bonchev–Trinajstić information content (AvgIpc) is 2.79. The van der Waals surface area contributed by atoms with Gasteiger partial charge in [-0.05, 0) is 87.0 Å². The molecule has 4 aromatic carbocycles. The number of hydrogen-bond donors (Lipinski definition) is 0. The maximum Gasteiger partial charge on any atom is 0.0211 e. The smallest absolute Gasteiger partial charge is 0.0211 e. The minimum Gasteiger partial charge on any atom is -0.0620 e. The Morgan fingerprint density at radius 1 is 0.394 bits per heavy atom. The predicted octanol–water partition coefficient (Wildman–Crippen LogP) is 7.22. The molecule has 0 fully saturated rings. The first-order chi connectivity index (χ1) is 15.8. The van der Waals surface area contributed by atoms with Crippen LogP contribution in [0.4, 0.5) is 0 Å². The molecule has 4 rings (SSSR count). The van der Waals surface area contributed by atoms with Gasteiger partial charge in [0.25, 0.3) is 0 Å². The van der Waals surface area contributed by atoms with E-state index in [0.717, 1.165) is 0 Å². The van der Waals surface area contributed by atoms with E-state index in [0.29, 0.717) is 0 Å². The fraction of sp³-hybridized carbons (Fsp3) is 0.226. The molecule has 0 heterocycles. The summed E-state index contributed by atoms with van der Waals surface area (Å²) in [4.78, 5) is 0.0428. The van der Waals surface area contributed by atoms with Crippen LogP contribution in [-0.4, -0.2) is 4.90 Å². The highest BCUT2D eigenvalue weighted by atomic mass is 31.2. The first kappa shape index (κ1) is 23.9. The lowest BCUT2D eigenvalue weighted by Gasteiger charge is -2.44. The molecule has 0 unspecified atom stereocenters. The third kappa shape index (κ3) is 4.71. The molecular weight excluding hydrogens is 434 g/mol. The zero-order valence-electron chi connectivity index (χ0n) is 20.6. The van der Waals surface area contributed by atoms with Gasteiger partial charge in [-0.1, -0.05) is 111 Å². The maximum absolute atomic E-state index is 2.53. The molecule has 0 bridgehead atoms. The summed E-state index contributed by atoms with van der Waals surface area (Å²) in [5.74, 6) is 0. The van der Waals surface area contributed by atoms with Crippen LogP contribution in [-0.2, 0) is 0 Å². The lowest BCUT2D eigenvalue weighted by Crippen LogP contribution is -2.36. The molecule has 0 N–H and O–H groups in total. The third-order valence-electron chi connectivity index (χ3n) is 6.52. The molecule has 0 spiro atoms. The highest BCUT2D eigenvalue weighted by Gasteiger charge is 2.42. The molecule has 0 atom stereocenters. The van der Waals surface area contributed by atoms with E-state index in [4.69, 9.17) is 0 Å². The molecule has 33 heavy (non-hydrogen) atoms. The van der Waals surface area contributed by atoms with Gasteiger partial charge in [0, 0.05) is 4.90 Å². The van der Waals surface area contributed by atoms with Crippen LogP contribution in [0.25, 0.3) is 0 Å². The second kappa shape index (κ2) is 9.93. The Morgan fingerprint density at radius 2 is 0.606 bits per heavy atom. The molecule has 0 saturated heterocycles. The van der Waals surface area contributed by atoms with E-state index in [1.165, 1.54) is 43.5 Å². The van der Waals surface area contributed by atoms with Crippen molar-refractivity contribution in [3.05, 3.63) is 119 Å². The lowest BCUT2D eigenvalue weighted by molar-refractivity contribution is 1.00. The van der Waals surface area contributed by atoms with Crippen LogP contribution >= 0.6 is 15.8 Å². The summed E-state index contributed by atoms with van der Waals surface area (Å²) < 4.78 is 0. The normalized spacial score (nSPS) is 11.9. The minimum absolute atomic E-state index is 0.0428. The standard InChI is InChI=1S/C31H34P2/c1-23-15-7-11-19-27(23)32(28-20-12-8-16-24(28)2)31(5,6)33(29-21-13-9-17-25(29)3)30-22-14-10-18-26(30)4/h7-22H,1-6H3.